The van der Waals surface area contributed by atoms with Gasteiger partial charge in [-0.3, -0.25) is 0 Å². The molecule has 0 unspecified atom stereocenters. The normalized spacial score (nSPS) is 18.0. The number of thiocarbonyl (C=S) groups is 2. The fourth-order valence-corrected chi connectivity index (χ4v) is 5.09. The Morgan fingerprint density at radius 2 is 1.40 bits per heavy atom. The molecule has 2 nitrogen and oxygen atoms in total. The van der Waals surface area contributed by atoms with E-state index in [1.807, 2.05) is 24.3 Å². The summed E-state index contributed by atoms with van der Waals surface area (Å²) in [5.74, 6) is 0. The van der Waals surface area contributed by atoms with Crippen LogP contribution < -0.4 is 0 Å². The summed E-state index contributed by atoms with van der Waals surface area (Å²) in [4.78, 5) is 1.85. The summed E-state index contributed by atoms with van der Waals surface area (Å²) in [5.41, 5.74) is 5.47. The first-order chi connectivity index (χ1) is 12.0. The van der Waals surface area contributed by atoms with Gasteiger partial charge in [0, 0.05) is 42.7 Å². The van der Waals surface area contributed by atoms with Gasteiger partial charge >= 0.3 is 0 Å². The van der Waals surface area contributed by atoms with Gasteiger partial charge in [0.1, 0.15) is 5.52 Å². The number of nitrogens with zero attached hydrogens (tertiary/aromatic N) is 2. The van der Waals surface area contributed by atoms with Gasteiger partial charge in [-0.05, 0) is 47.0 Å². The molecule has 0 amide bonds. The van der Waals surface area contributed by atoms with Gasteiger partial charge in [0.2, 0.25) is 0 Å². The van der Waals surface area contributed by atoms with Crippen molar-refractivity contribution in [2.45, 2.75) is 12.8 Å². The first kappa shape index (κ1) is 17.5. The fourth-order valence-electron chi connectivity index (χ4n) is 2.96. The summed E-state index contributed by atoms with van der Waals surface area (Å²) in [6, 6.07) is 4.26. The number of benzene rings is 1. The van der Waals surface area contributed by atoms with E-state index in [-0.39, 0.29) is 0 Å². The van der Waals surface area contributed by atoms with Crippen LogP contribution in [0.4, 0.5) is 0 Å². The Balaban J connectivity index is 1.92. The largest absolute Gasteiger partial charge is 0.137 e. The first-order valence-corrected chi connectivity index (χ1v) is 10.7. The SMILES string of the molecule is S=C1C=CC(Br)=C(c2ccc(C3=C(Br)C=CC(=S)C3)c3snnc23)C1. The van der Waals surface area contributed by atoms with Gasteiger partial charge in [0.05, 0.1) is 4.70 Å². The minimum absolute atomic E-state index is 0.734. The van der Waals surface area contributed by atoms with E-state index in [1.54, 1.807) is 0 Å². The molecule has 0 atom stereocenters. The van der Waals surface area contributed by atoms with Crippen LogP contribution in [0.2, 0.25) is 0 Å². The van der Waals surface area contributed by atoms with Crippen LogP contribution in [-0.4, -0.2) is 19.3 Å². The lowest BCUT2D eigenvalue weighted by Crippen LogP contribution is -2.02. The van der Waals surface area contributed by atoms with Crippen molar-refractivity contribution in [2.24, 2.45) is 0 Å². The molecular weight excluding hydrogens is 500 g/mol. The van der Waals surface area contributed by atoms with E-state index in [1.165, 1.54) is 17.1 Å². The summed E-state index contributed by atoms with van der Waals surface area (Å²) in [6.07, 6.45) is 9.43. The van der Waals surface area contributed by atoms with Gasteiger partial charge in [-0.15, -0.1) is 5.10 Å². The average molecular weight is 510 g/mol. The average Bonchev–Trinajstić information content (AvgIpc) is 3.08. The number of allylic oxidation sites excluding steroid dienone is 8. The minimum atomic E-state index is 0.734. The molecule has 0 radical (unpaired) electrons. The Hall–Kier alpha value is -0.860. The Kier molecular flexibility index (Phi) is 4.94. The highest BCUT2D eigenvalue weighted by Crippen LogP contribution is 2.40. The van der Waals surface area contributed by atoms with Crippen LogP contribution in [0.15, 0.2) is 45.4 Å². The number of fused-ring (bicyclic) bond motifs is 1. The summed E-state index contributed by atoms with van der Waals surface area (Å²) in [5, 5.41) is 4.41. The number of hydrogen-bond acceptors (Lipinski definition) is 5. The summed E-state index contributed by atoms with van der Waals surface area (Å²) >= 11 is 19.5. The molecule has 25 heavy (non-hydrogen) atoms. The van der Waals surface area contributed by atoms with Gasteiger partial charge in [-0.25, -0.2) is 0 Å². The predicted octanol–water partition coefficient (Wildman–Crippen LogP) is 6.56. The van der Waals surface area contributed by atoms with E-state index >= 15 is 0 Å². The number of halogens is 2. The highest BCUT2D eigenvalue weighted by atomic mass is 79.9. The molecule has 0 saturated heterocycles. The predicted molar refractivity (Wildman–Crippen MR) is 122 cm³/mol. The molecule has 2 aliphatic carbocycles. The molecule has 1 aromatic carbocycles. The maximum Gasteiger partial charge on any atom is 0.114 e. The van der Waals surface area contributed by atoms with E-state index in [9.17, 15) is 0 Å². The molecule has 7 heteroatoms. The Morgan fingerprint density at radius 1 is 0.840 bits per heavy atom. The number of hydrogen-bond donors (Lipinski definition) is 0. The molecule has 0 spiro atoms. The quantitative estimate of drug-likeness (QED) is 0.428. The van der Waals surface area contributed by atoms with Crippen LogP contribution in [0.3, 0.4) is 0 Å². The van der Waals surface area contributed by atoms with Crippen molar-refractivity contribution in [2.75, 3.05) is 0 Å². The minimum Gasteiger partial charge on any atom is -0.137 e. The zero-order valence-electron chi connectivity index (χ0n) is 12.8. The molecule has 0 saturated carbocycles. The van der Waals surface area contributed by atoms with Crippen LogP contribution in [-0.2, 0) is 0 Å². The molecular formula is C18H10Br2N2S3. The van der Waals surface area contributed by atoms with E-state index in [2.05, 4.69) is 53.6 Å². The van der Waals surface area contributed by atoms with Crippen LogP contribution >= 0.6 is 67.8 Å². The third-order valence-corrected chi connectivity index (χ3v) is 6.97. The Morgan fingerprint density at radius 3 is 2.04 bits per heavy atom. The summed E-state index contributed by atoms with van der Waals surface area (Å²) < 4.78 is 7.40. The van der Waals surface area contributed by atoms with Crippen molar-refractivity contribution in [1.82, 2.24) is 9.59 Å². The molecule has 2 aliphatic rings. The molecule has 4 rings (SSSR count). The number of rotatable bonds is 2. The molecule has 0 fully saturated rings. The molecule has 0 N–H and O–H groups in total. The second-order valence-corrected chi connectivity index (χ2v) is 9.23. The number of aromatic nitrogens is 2. The van der Waals surface area contributed by atoms with E-state index in [0.29, 0.717) is 0 Å². The van der Waals surface area contributed by atoms with E-state index < -0.39 is 0 Å². The van der Waals surface area contributed by atoms with E-state index in [0.717, 1.165) is 58.5 Å². The van der Waals surface area contributed by atoms with Crippen molar-refractivity contribution in [3.8, 4) is 0 Å². The van der Waals surface area contributed by atoms with Crippen molar-refractivity contribution < 1.29 is 0 Å². The van der Waals surface area contributed by atoms with Crippen molar-refractivity contribution in [3.63, 3.8) is 0 Å². The molecule has 1 aromatic heterocycles. The van der Waals surface area contributed by atoms with Crippen molar-refractivity contribution >= 4 is 98.9 Å². The maximum absolute atomic E-state index is 5.39. The van der Waals surface area contributed by atoms with Crippen LogP contribution in [0.25, 0.3) is 21.4 Å². The van der Waals surface area contributed by atoms with E-state index in [4.69, 9.17) is 24.4 Å². The zero-order valence-corrected chi connectivity index (χ0v) is 18.4. The monoisotopic (exact) mass is 508 g/mol. The van der Waals surface area contributed by atoms with Gasteiger partial charge in [0.25, 0.3) is 0 Å². The smallest absolute Gasteiger partial charge is 0.114 e. The van der Waals surface area contributed by atoms with Crippen LogP contribution in [0.5, 0.6) is 0 Å². The topological polar surface area (TPSA) is 25.8 Å². The third kappa shape index (κ3) is 3.28. The second-order valence-electron chi connectivity index (χ2n) is 5.72. The molecule has 2 aromatic rings. The first-order valence-electron chi connectivity index (χ1n) is 7.49. The van der Waals surface area contributed by atoms with Gasteiger partial charge < -0.3 is 0 Å². The van der Waals surface area contributed by atoms with Crippen LogP contribution in [0.1, 0.15) is 24.0 Å². The molecule has 0 bridgehead atoms. The van der Waals surface area contributed by atoms with Gasteiger partial charge in [0.15, 0.2) is 0 Å². The fraction of sp³-hybridized carbons (Fsp3) is 0.111. The molecule has 124 valence electrons. The maximum atomic E-state index is 5.39. The second kappa shape index (κ2) is 7.04. The Labute approximate surface area is 176 Å². The zero-order chi connectivity index (χ0) is 17.6. The van der Waals surface area contributed by atoms with Crippen LogP contribution in [0, 0.1) is 0 Å². The van der Waals surface area contributed by atoms with Gasteiger partial charge in [-0.1, -0.05) is 72.9 Å². The highest BCUT2D eigenvalue weighted by molar-refractivity contribution is 9.12. The van der Waals surface area contributed by atoms with Crippen molar-refractivity contribution in [1.29, 1.82) is 0 Å². The molecule has 0 aliphatic heterocycles. The Bertz CT molecular complexity index is 975. The van der Waals surface area contributed by atoms with Gasteiger partial charge in [-0.2, -0.15) is 0 Å². The lowest BCUT2D eigenvalue weighted by molar-refractivity contribution is 1.19. The standard InChI is InChI=1S/C18H10Br2N2S3/c19-15-5-1-9(23)7-13(15)11-3-4-12(18-17(11)21-22-25-18)14-8-10(24)2-6-16(14)20/h1-6H,7-8H2. The molecule has 1 heterocycles. The summed E-state index contributed by atoms with van der Waals surface area (Å²) in [6.45, 7) is 0. The summed E-state index contributed by atoms with van der Waals surface area (Å²) in [7, 11) is 0. The highest BCUT2D eigenvalue weighted by Gasteiger charge is 2.21. The van der Waals surface area contributed by atoms with Crippen molar-refractivity contribution in [3.05, 3.63) is 56.5 Å². The third-order valence-electron chi connectivity index (χ3n) is 4.16. The lowest BCUT2D eigenvalue weighted by atomic mass is 9.92. The lowest BCUT2D eigenvalue weighted by Gasteiger charge is -2.17.